The lowest BCUT2D eigenvalue weighted by molar-refractivity contribution is -0.132. The number of benzene rings is 2. The first-order chi connectivity index (χ1) is 15.0. The van der Waals surface area contributed by atoms with Gasteiger partial charge in [-0.25, -0.2) is 0 Å². The zero-order valence-electron chi connectivity index (χ0n) is 16.7. The fourth-order valence-electron chi connectivity index (χ4n) is 3.62. The van der Waals surface area contributed by atoms with Crippen molar-refractivity contribution >= 4 is 34.7 Å². The lowest BCUT2D eigenvalue weighted by atomic mass is 9.95. The van der Waals surface area contributed by atoms with E-state index in [2.05, 4.69) is 4.98 Å². The Morgan fingerprint density at radius 2 is 1.81 bits per heavy atom. The number of nitrogens with zero attached hydrogens (tertiary/aromatic N) is 2. The topological polar surface area (TPSA) is 79.7 Å². The van der Waals surface area contributed by atoms with Gasteiger partial charge in [-0.05, 0) is 61.0 Å². The van der Waals surface area contributed by atoms with Crippen LogP contribution < -0.4 is 9.64 Å². The van der Waals surface area contributed by atoms with E-state index in [-0.39, 0.29) is 11.3 Å². The Labute approximate surface area is 184 Å². The summed E-state index contributed by atoms with van der Waals surface area (Å²) in [6.45, 7) is 2.32. The number of amides is 1. The Balaban J connectivity index is 1.90. The van der Waals surface area contributed by atoms with Crippen LogP contribution in [0.4, 0.5) is 5.69 Å². The molecule has 31 heavy (non-hydrogen) atoms. The molecule has 0 radical (unpaired) electrons. The number of rotatable bonds is 5. The highest BCUT2D eigenvalue weighted by Crippen LogP contribution is 2.42. The minimum atomic E-state index is -0.820. The van der Waals surface area contributed by atoms with Crippen LogP contribution in [0.25, 0.3) is 5.76 Å². The van der Waals surface area contributed by atoms with Crippen LogP contribution in [0.3, 0.4) is 0 Å². The minimum absolute atomic E-state index is 0.000187. The molecule has 0 bridgehead atoms. The van der Waals surface area contributed by atoms with Gasteiger partial charge < -0.3 is 9.84 Å². The van der Waals surface area contributed by atoms with E-state index in [1.807, 2.05) is 6.92 Å². The summed E-state index contributed by atoms with van der Waals surface area (Å²) in [4.78, 5) is 31.5. The summed E-state index contributed by atoms with van der Waals surface area (Å²) in [5.41, 5.74) is 1.53. The number of ketones is 1. The molecule has 1 aliphatic rings. The molecule has 1 aromatic heterocycles. The average molecular weight is 435 g/mol. The van der Waals surface area contributed by atoms with E-state index in [4.69, 9.17) is 16.3 Å². The molecule has 4 rings (SSSR count). The number of halogens is 1. The van der Waals surface area contributed by atoms with Gasteiger partial charge in [-0.2, -0.15) is 0 Å². The number of hydrogen-bond acceptors (Lipinski definition) is 5. The number of anilines is 1. The molecule has 1 saturated heterocycles. The summed E-state index contributed by atoms with van der Waals surface area (Å²) >= 11 is 6.00. The van der Waals surface area contributed by atoms with Gasteiger partial charge in [0.25, 0.3) is 11.7 Å². The van der Waals surface area contributed by atoms with Gasteiger partial charge in [0, 0.05) is 28.7 Å². The molecule has 156 valence electrons. The number of pyridine rings is 1. The number of hydrogen-bond donors (Lipinski definition) is 1. The Morgan fingerprint density at radius 1 is 1.10 bits per heavy atom. The first-order valence-electron chi connectivity index (χ1n) is 9.71. The molecular formula is C24H19ClN2O4. The maximum atomic E-state index is 13.1. The predicted molar refractivity (Wildman–Crippen MR) is 118 cm³/mol. The molecule has 1 unspecified atom stereocenters. The standard InChI is InChI=1S/C24H19ClN2O4/c1-2-31-19-5-3-4-16(14-19)22(28)20-21(15-10-12-26-13-11-15)27(24(30)23(20)29)18-8-6-17(25)7-9-18/h3-14,21,28H,2H2,1H3/b22-20-. The van der Waals surface area contributed by atoms with Crippen LogP contribution in [-0.4, -0.2) is 28.4 Å². The number of ether oxygens (including phenoxy) is 1. The fraction of sp³-hybridized carbons (Fsp3) is 0.125. The Morgan fingerprint density at radius 3 is 2.48 bits per heavy atom. The quantitative estimate of drug-likeness (QED) is 0.356. The number of aliphatic hydroxyl groups is 1. The third-order valence-electron chi connectivity index (χ3n) is 4.99. The van der Waals surface area contributed by atoms with Gasteiger partial charge in [-0.1, -0.05) is 23.7 Å². The van der Waals surface area contributed by atoms with E-state index in [1.54, 1.807) is 73.1 Å². The smallest absolute Gasteiger partial charge is 0.300 e. The lowest BCUT2D eigenvalue weighted by Crippen LogP contribution is -2.29. The summed E-state index contributed by atoms with van der Waals surface area (Å²) in [6, 6.07) is 16.0. The number of carbonyl (C=O) groups excluding carboxylic acids is 2. The van der Waals surface area contributed by atoms with Gasteiger partial charge >= 0.3 is 0 Å². The lowest BCUT2D eigenvalue weighted by Gasteiger charge is -2.25. The Kier molecular flexibility index (Phi) is 5.73. The van der Waals surface area contributed by atoms with Crippen molar-refractivity contribution in [2.45, 2.75) is 13.0 Å². The zero-order chi connectivity index (χ0) is 22.0. The van der Waals surface area contributed by atoms with Crippen LogP contribution >= 0.6 is 11.6 Å². The van der Waals surface area contributed by atoms with Crippen molar-refractivity contribution in [3.8, 4) is 5.75 Å². The maximum absolute atomic E-state index is 13.1. The van der Waals surface area contributed by atoms with Crippen molar-refractivity contribution < 1.29 is 19.4 Å². The predicted octanol–water partition coefficient (Wildman–Crippen LogP) is 4.76. The van der Waals surface area contributed by atoms with E-state index in [1.165, 1.54) is 4.90 Å². The van der Waals surface area contributed by atoms with Crippen LogP contribution in [0.1, 0.15) is 24.1 Å². The molecule has 1 N–H and O–H groups in total. The van der Waals surface area contributed by atoms with Crippen LogP contribution in [0.2, 0.25) is 5.02 Å². The average Bonchev–Trinajstić information content (AvgIpc) is 3.05. The molecule has 1 amide bonds. The molecule has 7 heteroatoms. The van der Waals surface area contributed by atoms with Gasteiger partial charge in [0.1, 0.15) is 11.5 Å². The molecule has 1 atom stereocenters. The first kappa shape index (κ1) is 20.6. The van der Waals surface area contributed by atoms with Crippen molar-refractivity contribution in [2.24, 2.45) is 0 Å². The second-order valence-electron chi connectivity index (χ2n) is 6.89. The Bertz CT molecular complexity index is 1160. The fourth-order valence-corrected chi connectivity index (χ4v) is 3.74. The summed E-state index contributed by atoms with van der Waals surface area (Å²) in [5.74, 6) is -1.21. The Hall–Kier alpha value is -3.64. The molecular weight excluding hydrogens is 416 g/mol. The molecule has 6 nitrogen and oxygen atoms in total. The minimum Gasteiger partial charge on any atom is -0.507 e. The highest BCUT2D eigenvalue weighted by molar-refractivity contribution is 6.51. The second-order valence-corrected chi connectivity index (χ2v) is 7.32. The van der Waals surface area contributed by atoms with Crippen LogP contribution in [0, 0.1) is 0 Å². The van der Waals surface area contributed by atoms with Crippen LogP contribution in [-0.2, 0) is 9.59 Å². The highest BCUT2D eigenvalue weighted by Gasteiger charge is 2.46. The monoisotopic (exact) mass is 434 g/mol. The van der Waals surface area contributed by atoms with Crippen LogP contribution in [0.5, 0.6) is 5.75 Å². The van der Waals surface area contributed by atoms with E-state index >= 15 is 0 Å². The number of carbonyl (C=O) groups is 2. The highest BCUT2D eigenvalue weighted by atomic mass is 35.5. The molecule has 1 aliphatic heterocycles. The maximum Gasteiger partial charge on any atom is 0.300 e. The summed E-state index contributed by atoms with van der Waals surface area (Å²) in [5, 5.41) is 11.6. The summed E-state index contributed by atoms with van der Waals surface area (Å²) < 4.78 is 5.50. The molecule has 0 spiro atoms. The van der Waals surface area contributed by atoms with Crippen molar-refractivity contribution in [1.82, 2.24) is 4.98 Å². The summed E-state index contributed by atoms with van der Waals surface area (Å²) in [7, 11) is 0. The second kappa shape index (κ2) is 8.62. The van der Waals surface area contributed by atoms with Crippen LogP contribution in [0.15, 0.2) is 78.6 Å². The SMILES string of the molecule is CCOc1cccc(/C(O)=C2/C(=O)C(=O)N(c3ccc(Cl)cc3)C2c2ccncc2)c1. The third-order valence-corrected chi connectivity index (χ3v) is 5.24. The zero-order valence-corrected chi connectivity index (χ0v) is 17.4. The first-order valence-corrected chi connectivity index (χ1v) is 10.1. The molecule has 0 aliphatic carbocycles. The van der Waals surface area contributed by atoms with Gasteiger partial charge in [0.2, 0.25) is 0 Å². The molecule has 3 aromatic rings. The molecule has 2 aromatic carbocycles. The largest absolute Gasteiger partial charge is 0.507 e. The third kappa shape index (κ3) is 3.90. The summed E-state index contributed by atoms with van der Waals surface area (Å²) in [6.07, 6.45) is 3.15. The van der Waals surface area contributed by atoms with E-state index in [9.17, 15) is 14.7 Å². The van der Waals surface area contributed by atoms with Crippen molar-refractivity contribution in [3.63, 3.8) is 0 Å². The van der Waals surface area contributed by atoms with E-state index in [0.29, 0.717) is 34.2 Å². The number of aliphatic hydroxyl groups excluding tert-OH is 1. The number of aromatic nitrogens is 1. The van der Waals surface area contributed by atoms with Gasteiger partial charge in [-0.3, -0.25) is 19.5 Å². The van der Waals surface area contributed by atoms with Crippen molar-refractivity contribution in [3.05, 3.63) is 94.8 Å². The van der Waals surface area contributed by atoms with Gasteiger partial charge in [0.05, 0.1) is 18.2 Å². The molecule has 2 heterocycles. The normalized spacial score (nSPS) is 17.7. The van der Waals surface area contributed by atoms with Crippen molar-refractivity contribution in [2.75, 3.05) is 11.5 Å². The van der Waals surface area contributed by atoms with Gasteiger partial charge in [0.15, 0.2) is 0 Å². The number of Topliss-reactive ketones (excluding diaryl/α,β-unsaturated/α-hetero) is 1. The molecule has 0 saturated carbocycles. The van der Waals surface area contributed by atoms with E-state index in [0.717, 1.165) is 0 Å². The van der Waals surface area contributed by atoms with Gasteiger partial charge in [-0.15, -0.1) is 0 Å². The van der Waals surface area contributed by atoms with E-state index < -0.39 is 17.7 Å². The van der Waals surface area contributed by atoms with Crippen molar-refractivity contribution in [1.29, 1.82) is 0 Å². The molecule has 1 fully saturated rings.